The first-order valence-corrected chi connectivity index (χ1v) is 9.82. The van der Waals surface area contributed by atoms with Crippen molar-refractivity contribution >= 4 is 21.6 Å². The molecule has 0 saturated carbocycles. The highest BCUT2D eigenvalue weighted by Crippen LogP contribution is 2.30. The molecule has 0 bridgehead atoms. The molecule has 4 rings (SSSR count). The second-order valence-corrected chi connectivity index (χ2v) is 7.57. The standard InChI is InChI=1S/C22H21N3OS/c1-15(16-9-5-3-6-10-16)25(2)13-19-23-21(26)20-18(14-27-22(20)24-19)17-11-7-4-8-12-17/h3-12,14-15H,13H2,1-2H3,(H,23,24,26). The molecule has 27 heavy (non-hydrogen) atoms. The Labute approximate surface area is 162 Å². The van der Waals surface area contributed by atoms with Crippen molar-refractivity contribution in [1.82, 2.24) is 14.9 Å². The first-order valence-electron chi connectivity index (χ1n) is 8.94. The number of hydrogen-bond acceptors (Lipinski definition) is 4. The molecule has 4 nitrogen and oxygen atoms in total. The largest absolute Gasteiger partial charge is 0.309 e. The number of fused-ring (bicyclic) bond motifs is 1. The Kier molecular flexibility index (Phi) is 4.88. The lowest BCUT2D eigenvalue weighted by molar-refractivity contribution is 0.247. The van der Waals surface area contributed by atoms with Gasteiger partial charge in [-0.1, -0.05) is 60.7 Å². The molecule has 2 aromatic carbocycles. The lowest BCUT2D eigenvalue weighted by Crippen LogP contribution is -2.24. The summed E-state index contributed by atoms with van der Waals surface area (Å²) in [5.41, 5.74) is 3.15. The lowest BCUT2D eigenvalue weighted by Gasteiger charge is -2.24. The summed E-state index contributed by atoms with van der Waals surface area (Å²) in [7, 11) is 2.05. The predicted molar refractivity (Wildman–Crippen MR) is 112 cm³/mol. The summed E-state index contributed by atoms with van der Waals surface area (Å²) < 4.78 is 0. The molecule has 0 amide bonds. The molecule has 1 N–H and O–H groups in total. The van der Waals surface area contributed by atoms with Gasteiger partial charge < -0.3 is 4.98 Å². The number of nitrogens with zero attached hydrogens (tertiary/aromatic N) is 2. The summed E-state index contributed by atoms with van der Waals surface area (Å²) in [6.07, 6.45) is 0. The van der Waals surface area contributed by atoms with Crippen molar-refractivity contribution in [3.63, 3.8) is 0 Å². The molecule has 1 atom stereocenters. The molecule has 0 saturated heterocycles. The van der Waals surface area contributed by atoms with Crippen LogP contribution in [-0.4, -0.2) is 21.9 Å². The van der Waals surface area contributed by atoms with Gasteiger partial charge in [0.15, 0.2) is 0 Å². The fourth-order valence-corrected chi connectivity index (χ4v) is 4.22. The van der Waals surface area contributed by atoms with Crippen LogP contribution in [0.2, 0.25) is 0 Å². The quantitative estimate of drug-likeness (QED) is 0.543. The Balaban J connectivity index is 1.64. The number of rotatable bonds is 5. The average molecular weight is 375 g/mol. The van der Waals surface area contributed by atoms with Crippen molar-refractivity contribution in [3.8, 4) is 11.1 Å². The molecule has 5 heteroatoms. The number of benzene rings is 2. The maximum absolute atomic E-state index is 12.8. The fraction of sp³-hybridized carbons (Fsp3) is 0.182. The van der Waals surface area contributed by atoms with Gasteiger partial charge in [-0.25, -0.2) is 4.98 Å². The highest BCUT2D eigenvalue weighted by atomic mass is 32.1. The van der Waals surface area contributed by atoms with E-state index in [-0.39, 0.29) is 11.6 Å². The van der Waals surface area contributed by atoms with E-state index in [1.54, 1.807) is 0 Å². The fourth-order valence-electron chi connectivity index (χ4n) is 3.26. The molecular formula is C22H21N3OS. The summed E-state index contributed by atoms with van der Waals surface area (Å²) >= 11 is 1.52. The van der Waals surface area contributed by atoms with Gasteiger partial charge in [-0.05, 0) is 25.1 Å². The Bertz CT molecular complexity index is 1100. The minimum atomic E-state index is -0.0733. The zero-order valence-electron chi connectivity index (χ0n) is 15.3. The van der Waals surface area contributed by atoms with E-state index < -0.39 is 0 Å². The minimum Gasteiger partial charge on any atom is -0.309 e. The van der Waals surface area contributed by atoms with Crippen LogP contribution in [0.5, 0.6) is 0 Å². The summed E-state index contributed by atoms with van der Waals surface area (Å²) in [6, 6.07) is 20.5. The summed E-state index contributed by atoms with van der Waals surface area (Å²) in [5.74, 6) is 0.694. The van der Waals surface area contributed by atoms with Gasteiger partial charge in [-0.15, -0.1) is 11.3 Å². The van der Waals surface area contributed by atoms with Crippen molar-refractivity contribution in [2.24, 2.45) is 0 Å². The van der Waals surface area contributed by atoms with Crippen LogP contribution in [0.1, 0.15) is 24.4 Å². The monoisotopic (exact) mass is 375 g/mol. The van der Waals surface area contributed by atoms with Gasteiger partial charge in [0.1, 0.15) is 10.7 Å². The molecule has 0 fully saturated rings. The zero-order chi connectivity index (χ0) is 18.8. The molecule has 0 aliphatic heterocycles. The minimum absolute atomic E-state index is 0.0733. The number of nitrogens with one attached hydrogen (secondary N) is 1. The Morgan fingerprint density at radius 1 is 1.07 bits per heavy atom. The Morgan fingerprint density at radius 2 is 1.74 bits per heavy atom. The molecule has 0 spiro atoms. The topological polar surface area (TPSA) is 49.0 Å². The molecule has 0 aliphatic carbocycles. The van der Waals surface area contributed by atoms with E-state index in [2.05, 4.69) is 28.9 Å². The highest BCUT2D eigenvalue weighted by Gasteiger charge is 2.16. The van der Waals surface area contributed by atoms with Crippen molar-refractivity contribution in [3.05, 3.63) is 87.8 Å². The predicted octanol–water partition coefficient (Wildman–Crippen LogP) is 4.84. The number of thiophene rings is 1. The van der Waals surface area contributed by atoms with Crippen LogP contribution < -0.4 is 5.56 Å². The zero-order valence-corrected chi connectivity index (χ0v) is 16.2. The molecule has 4 aromatic rings. The molecule has 2 aromatic heterocycles. The Morgan fingerprint density at radius 3 is 2.44 bits per heavy atom. The van der Waals surface area contributed by atoms with E-state index in [0.29, 0.717) is 17.8 Å². The van der Waals surface area contributed by atoms with Gasteiger partial charge in [0.2, 0.25) is 0 Å². The van der Waals surface area contributed by atoms with Crippen LogP contribution in [0.3, 0.4) is 0 Å². The number of hydrogen-bond donors (Lipinski definition) is 1. The summed E-state index contributed by atoms with van der Waals surface area (Å²) in [4.78, 5) is 23.4. The van der Waals surface area contributed by atoms with Gasteiger partial charge in [0, 0.05) is 17.0 Å². The highest BCUT2D eigenvalue weighted by molar-refractivity contribution is 7.17. The Hall–Kier alpha value is -2.76. The van der Waals surface area contributed by atoms with Crippen LogP contribution >= 0.6 is 11.3 Å². The third kappa shape index (κ3) is 3.56. The first kappa shape index (κ1) is 17.6. The number of aromatic nitrogens is 2. The van der Waals surface area contributed by atoms with Gasteiger partial charge in [0.25, 0.3) is 5.56 Å². The van der Waals surface area contributed by atoms with Crippen LogP contribution in [-0.2, 0) is 6.54 Å². The maximum Gasteiger partial charge on any atom is 0.260 e. The third-order valence-corrected chi connectivity index (χ3v) is 5.79. The average Bonchev–Trinajstić information content (AvgIpc) is 3.13. The van der Waals surface area contributed by atoms with Gasteiger partial charge in [0.05, 0.1) is 11.9 Å². The molecular weight excluding hydrogens is 354 g/mol. The van der Waals surface area contributed by atoms with Gasteiger partial charge >= 0.3 is 0 Å². The normalized spacial score (nSPS) is 12.6. The second-order valence-electron chi connectivity index (χ2n) is 6.71. The molecule has 0 aliphatic rings. The van der Waals surface area contributed by atoms with Crippen LogP contribution in [0.15, 0.2) is 70.8 Å². The van der Waals surface area contributed by atoms with Crippen LogP contribution in [0.4, 0.5) is 0 Å². The van der Waals surface area contributed by atoms with E-state index in [1.165, 1.54) is 16.9 Å². The maximum atomic E-state index is 12.8. The lowest BCUT2D eigenvalue weighted by atomic mass is 10.1. The van der Waals surface area contributed by atoms with Gasteiger partial charge in [-0.2, -0.15) is 0 Å². The van der Waals surface area contributed by atoms with Crippen LogP contribution in [0.25, 0.3) is 21.3 Å². The molecule has 1 unspecified atom stereocenters. The molecule has 2 heterocycles. The summed E-state index contributed by atoms with van der Waals surface area (Å²) in [5, 5.41) is 2.69. The number of aromatic amines is 1. The van der Waals surface area contributed by atoms with Crippen LogP contribution in [0, 0.1) is 0 Å². The van der Waals surface area contributed by atoms with E-state index in [9.17, 15) is 4.79 Å². The van der Waals surface area contributed by atoms with Crippen molar-refractivity contribution < 1.29 is 0 Å². The SMILES string of the molecule is CC(c1ccccc1)N(C)Cc1nc2scc(-c3ccccc3)c2c(=O)[nH]1. The van der Waals surface area contributed by atoms with E-state index in [4.69, 9.17) is 4.98 Å². The summed E-state index contributed by atoms with van der Waals surface area (Å²) in [6.45, 7) is 2.74. The second kappa shape index (κ2) is 7.47. The van der Waals surface area contributed by atoms with E-state index >= 15 is 0 Å². The van der Waals surface area contributed by atoms with E-state index in [1.807, 2.05) is 61.0 Å². The van der Waals surface area contributed by atoms with Gasteiger partial charge in [-0.3, -0.25) is 9.69 Å². The van der Waals surface area contributed by atoms with Crippen molar-refractivity contribution in [2.75, 3.05) is 7.05 Å². The van der Waals surface area contributed by atoms with E-state index in [0.717, 1.165) is 16.0 Å². The third-order valence-electron chi connectivity index (χ3n) is 4.92. The first-order chi connectivity index (χ1) is 13.1. The molecule has 136 valence electrons. The molecule has 0 radical (unpaired) electrons. The smallest absolute Gasteiger partial charge is 0.260 e. The van der Waals surface area contributed by atoms with Crippen molar-refractivity contribution in [2.45, 2.75) is 19.5 Å². The number of H-pyrrole nitrogens is 1. The van der Waals surface area contributed by atoms with Crippen molar-refractivity contribution in [1.29, 1.82) is 0 Å².